The summed E-state index contributed by atoms with van der Waals surface area (Å²) < 4.78 is 23.4. The molecule has 2 rings (SSSR count). The second kappa shape index (κ2) is 9.26. The Kier molecular flexibility index (Phi) is 6.80. The number of anilines is 1. The van der Waals surface area contributed by atoms with Crippen molar-refractivity contribution in [3.8, 4) is 5.75 Å². The van der Waals surface area contributed by atoms with E-state index in [1.54, 1.807) is 6.07 Å². The van der Waals surface area contributed by atoms with Crippen LogP contribution in [0.15, 0.2) is 48.5 Å². The van der Waals surface area contributed by atoms with Gasteiger partial charge in [-0.2, -0.15) is 0 Å². The summed E-state index contributed by atoms with van der Waals surface area (Å²) in [6.45, 7) is 1.31. The summed E-state index contributed by atoms with van der Waals surface area (Å²) in [6.07, 6.45) is 0.966. The zero-order chi connectivity index (χ0) is 20.7. The monoisotopic (exact) mass is 388 g/mol. The van der Waals surface area contributed by atoms with Gasteiger partial charge in [-0.05, 0) is 31.2 Å². The molecule has 0 aliphatic carbocycles. The van der Waals surface area contributed by atoms with Gasteiger partial charge in [0.15, 0.2) is 6.10 Å². The Morgan fingerprint density at radius 2 is 1.96 bits per heavy atom. The fourth-order valence-corrected chi connectivity index (χ4v) is 2.16. The van der Waals surface area contributed by atoms with E-state index in [0.717, 1.165) is 12.1 Å². The third-order valence-corrected chi connectivity index (χ3v) is 3.63. The molecule has 1 N–H and O–H groups in total. The Morgan fingerprint density at radius 3 is 2.61 bits per heavy atom. The van der Waals surface area contributed by atoms with Gasteiger partial charge >= 0.3 is 5.97 Å². The van der Waals surface area contributed by atoms with E-state index in [1.165, 1.54) is 50.4 Å². The summed E-state index contributed by atoms with van der Waals surface area (Å²) in [4.78, 5) is 34.5. The van der Waals surface area contributed by atoms with Crippen molar-refractivity contribution < 1.29 is 28.4 Å². The molecule has 0 unspecified atom stereocenters. The number of amides is 1. The molecule has 0 aliphatic rings. The first-order valence-corrected chi connectivity index (χ1v) is 8.08. The first-order valence-electron chi connectivity index (χ1n) is 8.08. The normalized spacial score (nSPS) is 11.7. The lowest BCUT2D eigenvalue weighted by atomic mass is 10.2. The minimum atomic E-state index is -1.24. The van der Waals surface area contributed by atoms with Crippen molar-refractivity contribution in [2.75, 3.05) is 12.4 Å². The molecule has 2 aromatic carbocycles. The fourth-order valence-electron chi connectivity index (χ4n) is 2.16. The molecule has 9 heteroatoms. The van der Waals surface area contributed by atoms with Crippen LogP contribution in [0.3, 0.4) is 0 Å². The van der Waals surface area contributed by atoms with Crippen LogP contribution >= 0.6 is 0 Å². The quantitative estimate of drug-likeness (QED) is 0.337. The number of ether oxygens (including phenoxy) is 2. The maximum absolute atomic E-state index is 13.5. The predicted molar refractivity (Wildman–Crippen MR) is 99.3 cm³/mol. The highest BCUT2D eigenvalue weighted by atomic mass is 19.1. The van der Waals surface area contributed by atoms with Gasteiger partial charge in [-0.3, -0.25) is 14.9 Å². The number of nitrogens with zero attached hydrogens (tertiary/aromatic N) is 1. The Hall–Kier alpha value is -3.75. The number of nitrogens with one attached hydrogen (secondary N) is 1. The molecule has 0 spiro atoms. The highest BCUT2D eigenvalue weighted by molar-refractivity contribution is 5.98. The molecule has 1 amide bonds. The van der Waals surface area contributed by atoms with Crippen LogP contribution in [0.2, 0.25) is 0 Å². The number of halogens is 1. The van der Waals surface area contributed by atoms with E-state index in [2.05, 4.69) is 5.32 Å². The van der Waals surface area contributed by atoms with Crippen molar-refractivity contribution in [1.29, 1.82) is 0 Å². The van der Waals surface area contributed by atoms with E-state index in [0.29, 0.717) is 0 Å². The summed E-state index contributed by atoms with van der Waals surface area (Å²) in [5.41, 5.74) is -0.253. The van der Waals surface area contributed by atoms with Crippen LogP contribution in [0.5, 0.6) is 5.75 Å². The summed E-state index contributed by atoms with van der Waals surface area (Å²) in [7, 11) is 1.35. The third kappa shape index (κ3) is 5.37. The lowest BCUT2D eigenvalue weighted by molar-refractivity contribution is -0.384. The molecule has 1 atom stereocenters. The molecule has 0 bridgehead atoms. The van der Waals surface area contributed by atoms with E-state index < -0.39 is 28.7 Å². The maximum atomic E-state index is 13.5. The van der Waals surface area contributed by atoms with Crippen molar-refractivity contribution in [3.63, 3.8) is 0 Å². The Balaban J connectivity index is 2.02. The van der Waals surface area contributed by atoms with Gasteiger partial charge in [0.25, 0.3) is 11.6 Å². The molecule has 0 saturated carbocycles. The number of carbonyl (C=O) groups excluding carboxylic acids is 2. The molecule has 2 aromatic rings. The number of nitro groups is 1. The summed E-state index contributed by atoms with van der Waals surface area (Å²) in [5, 5.41) is 13.5. The van der Waals surface area contributed by atoms with Crippen molar-refractivity contribution in [3.05, 3.63) is 70.0 Å². The van der Waals surface area contributed by atoms with Crippen LogP contribution in [-0.4, -0.2) is 30.0 Å². The number of benzene rings is 2. The number of hydrogen-bond donors (Lipinski definition) is 1. The largest absolute Gasteiger partial charge is 0.496 e. The van der Waals surface area contributed by atoms with Crippen LogP contribution in [-0.2, 0) is 14.3 Å². The number of esters is 1. The number of methoxy groups -OCH3 is 1. The molecular formula is C19H17FN2O6. The second-order valence-electron chi connectivity index (χ2n) is 5.56. The standard InChI is InChI=1S/C19H17FN2O6/c1-12(28-18(23)10-7-13-5-3-4-6-15(13)20)19(24)21-16-9-8-14(27-2)11-17(16)22(25)26/h3-12H,1-2H3,(H,21,24)/b10-7+/t12-/m1/s1. The van der Waals surface area contributed by atoms with Crippen LogP contribution in [0.4, 0.5) is 15.8 Å². The maximum Gasteiger partial charge on any atom is 0.331 e. The van der Waals surface area contributed by atoms with Gasteiger partial charge in [0.1, 0.15) is 17.3 Å². The van der Waals surface area contributed by atoms with Crippen LogP contribution in [0, 0.1) is 15.9 Å². The number of rotatable bonds is 7. The van der Waals surface area contributed by atoms with Crippen molar-refractivity contribution in [2.45, 2.75) is 13.0 Å². The Bertz CT molecular complexity index is 928. The summed E-state index contributed by atoms with van der Waals surface area (Å²) in [5.74, 6) is -1.89. The van der Waals surface area contributed by atoms with Gasteiger partial charge in [0, 0.05) is 11.6 Å². The van der Waals surface area contributed by atoms with E-state index in [4.69, 9.17) is 9.47 Å². The van der Waals surface area contributed by atoms with Gasteiger partial charge in [-0.25, -0.2) is 9.18 Å². The lowest BCUT2D eigenvalue weighted by Crippen LogP contribution is -2.29. The molecule has 0 saturated heterocycles. The van der Waals surface area contributed by atoms with E-state index in [-0.39, 0.29) is 22.7 Å². The average Bonchev–Trinajstić information content (AvgIpc) is 2.67. The Morgan fingerprint density at radius 1 is 1.25 bits per heavy atom. The van der Waals surface area contributed by atoms with Crippen molar-refractivity contribution >= 4 is 29.3 Å². The molecule has 28 heavy (non-hydrogen) atoms. The summed E-state index contributed by atoms with van der Waals surface area (Å²) in [6, 6.07) is 9.73. The van der Waals surface area contributed by atoms with Crippen LogP contribution < -0.4 is 10.1 Å². The van der Waals surface area contributed by atoms with Crippen LogP contribution in [0.1, 0.15) is 12.5 Å². The van der Waals surface area contributed by atoms with Crippen molar-refractivity contribution in [1.82, 2.24) is 0 Å². The molecule has 0 aromatic heterocycles. The molecule has 0 fully saturated rings. The smallest absolute Gasteiger partial charge is 0.331 e. The zero-order valence-corrected chi connectivity index (χ0v) is 15.0. The molecule has 8 nitrogen and oxygen atoms in total. The van der Waals surface area contributed by atoms with Crippen LogP contribution in [0.25, 0.3) is 6.08 Å². The minimum Gasteiger partial charge on any atom is -0.496 e. The minimum absolute atomic E-state index is 0.0689. The molecule has 0 radical (unpaired) electrons. The SMILES string of the molecule is COc1ccc(NC(=O)[C@@H](C)OC(=O)/C=C/c2ccccc2F)c([N+](=O)[O-])c1. The van der Waals surface area contributed by atoms with Gasteiger partial charge in [-0.15, -0.1) is 0 Å². The number of nitro benzene ring substituents is 1. The molecule has 146 valence electrons. The highest BCUT2D eigenvalue weighted by Gasteiger charge is 2.22. The fraction of sp³-hybridized carbons (Fsp3) is 0.158. The third-order valence-electron chi connectivity index (χ3n) is 3.63. The van der Waals surface area contributed by atoms with Gasteiger partial charge in [0.2, 0.25) is 0 Å². The predicted octanol–water partition coefficient (Wildman–Crippen LogP) is 3.33. The van der Waals surface area contributed by atoms with E-state index >= 15 is 0 Å². The first-order chi connectivity index (χ1) is 13.3. The van der Waals surface area contributed by atoms with Gasteiger partial charge in [-0.1, -0.05) is 18.2 Å². The Labute approximate surface area is 159 Å². The summed E-state index contributed by atoms with van der Waals surface area (Å²) >= 11 is 0. The molecular weight excluding hydrogens is 371 g/mol. The number of carbonyl (C=O) groups is 2. The molecule has 0 aliphatic heterocycles. The van der Waals surface area contributed by atoms with Gasteiger partial charge < -0.3 is 14.8 Å². The second-order valence-corrected chi connectivity index (χ2v) is 5.56. The lowest BCUT2D eigenvalue weighted by Gasteiger charge is -2.13. The number of hydrogen-bond acceptors (Lipinski definition) is 6. The first kappa shape index (κ1) is 20.6. The van der Waals surface area contributed by atoms with Gasteiger partial charge in [0.05, 0.1) is 18.1 Å². The van der Waals surface area contributed by atoms with E-state index in [9.17, 15) is 24.1 Å². The topological polar surface area (TPSA) is 108 Å². The average molecular weight is 388 g/mol. The van der Waals surface area contributed by atoms with Crippen molar-refractivity contribution in [2.24, 2.45) is 0 Å². The molecule has 0 heterocycles. The zero-order valence-electron chi connectivity index (χ0n) is 15.0. The van der Waals surface area contributed by atoms with E-state index in [1.807, 2.05) is 0 Å². The highest BCUT2D eigenvalue weighted by Crippen LogP contribution is 2.29.